The maximum atomic E-state index is 10.7. The lowest BCUT2D eigenvalue weighted by Crippen LogP contribution is -2.36. The number of nitrogens with zero attached hydrogens (tertiary/aromatic N) is 3. The molecule has 0 radical (unpaired) electrons. The molecule has 0 aliphatic carbocycles. The van der Waals surface area contributed by atoms with Gasteiger partial charge in [0.2, 0.25) is 0 Å². The number of hydrogen-bond acceptors (Lipinski definition) is 5. The zero-order valence-corrected chi connectivity index (χ0v) is 10.8. The predicted octanol–water partition coefficient (Wildman–Crippen LogP) is 1.73. The summed E-state index contributed by atoms with van der Waals surface area (Å²) < 4.78 is 0. The van der Waals surface area contributed by atoms with Crippen molar-refractivity contribution in [2.24, 2.45) is 0 Å². The number of nitrogens with one attached hydrogen (secondary N) is 1. The van der Waals surface area contributed by atoms with E-state index in [4.69, 9.17) is 0 Å². The molecule has 2 rings (SSSR count). The Morgan fingerprint density at radius 2 is 2.26 bits per heavy atom. The minimum absolute atomic E-state index is 0.403. The molecule has 19 heavy (non-hydrogen) atoms. The molecule has 0 saturated carbocycles. The van der Waals surface area contributed by atoms with Crippen molar-refractivity contribution in [2.45, 2.75) is 25.8 Å². The molecule has 1 aromatic heterocycles. The maximum absolute atomic E-state index is 10.7. The predicted molar refractivity (Wildman–Crippen MR) is 71.6 cm³/mol. The van der Waals surface area contributed by atoms with Gasteiger partial charge in [0.05, 0.1) is 4.92 Å². The minimum Gasteiger partial charge on any atom is -0.362 e. The van der Waals surface area contributed by atoms with Crippen LogP contribution in [0.3, 0.4) is 0 Å². The van der Waals surface area contributed by atoms with E-state index in [9.17, 15) is 10.1 Å². The van der Waals surface area contributed by atoms with Crippen LogP contribution in [-0.4, -0.2) is 27.9 Å². The Bertz CT molecular complexity index is 441. The lowest BCUT2D eigenvalue weighted by atomic mass is 10.1. The summed E-state index contributed by atoms with van der Waals surface area (Å²) in [7, 11) is 0. The van der Waals surface area contributed by atoms with Crippen molar-refractivity contribution in [3.63, 3.8) is 0 Å². The number of nitro groups is 1. The molecule has 1 aliphatic rings. The Kier molecular flexibility index (Phi) is 4.72. The third kappa shape index (κ3) is 4.24. The van der Waals surface area contributed by atoms with Gasteiger partial charge in [-0.2, -0.15) is 0 Å². The van der Waals surface area contributed by atoms with Gasteiger partial charge in [0.15, 0.2) is 5.82 Å². The summed E-state index contributed by atoms with van der Waals surface area (Å²) in [6.07, 6.45) is 7.90. The first-order chi connectivity index (χ1) is 9.25. The molecule has 102 valence electrons. The number of piperidine rings is 1. The summed E-state index contributed by atoms with van der Waals surface area (Å²) in [4.78, 5) is 16.4. The van der Waals surface area contributed by atoms with Gasteiger partial charge in [-0.25, -0.2) is 0 Å². The monoisotopic (exact) mass is 262 g/mol. The van der Waals surface area contributed by atoms with Crippen molar-refractivity contribution < 1.29 is 4.92 Å². The maximum Gasteiger partial charge on any atom is 0.274 e. The zero-order valence-electron chi connectivity index (χ0n) is 10.8. The van der Waals surface area contributed by atoms with Gasteiger partial charge < -0.3 is 10.2 Å². The molecule has 0 bridgehead atoms. The summed E-state index contributed by atoms with van der Waals surface area (Å²) >= 11 is 0. The van der Waals surface area contributed by atoms with Crippen LogP contribution in [-0.2, 0) is 6.54 Å². The van der Waals surface area contributed by atoms with Gasteiger partial charge in [0, 0.05) is 32.0 Å². The fraction of sp³-hybridized carbons (Fsp3) is 0.462. The molecule has 6 heteroatoms. The van der Waals surface area contributed by atoms with Crippen LogP contribution >= 0.6 is 0 Å². The van der Waals surface area contributed by atoms with Crippen LogP contribution in [0.15, 0.2) is 36.5 Å². The lowest BCUT2D eigenvalue weighted by molar-refractivity contribution is -0.404. The first-order valence-corrected chi connectivity index (χ1v) is 6.49. The van der Waals surface area contributed by atoms with Crippen molar-refractivity contribution in [3.8, 4) is 0 Å². The van der Waals surface area contributed by atoms with Gasteiger partial charge in [-0.3, -0.25) is 15.1 Å². The highest BCUT2D eigenvalue weighted by Crippen LogP contribution is 2.13. The standard InChI is InChI=1S/C13H18N4O2/c18-17(19)11-13(16-7-2-1-3-8-16)15-10-12-5-4-6-14-9-12/h4-6,9,11,15H,1-3,7-8,10H2/b13-11-. The molecule has 0 spiro atoms. The molecular formula is C13H18N4O2. The van der Waals surface area contributed by atoms with Crippen molar-refractivity contribution >= 4 is 0 Å². The van der Waals surface area contributed by atoms with E-state index < -0.39 is 4.92 Å². The third-order valence-corrected chi connectivity index (χ3v) is 3.12. The average molecular weight is 262 g/mol. The van der Waals surface area contributed by atoms with Crippen LogP contribution in [0.25, 0.3) is 0 Å². The van der Waals surface area contributed by atoms with Gasteiger partial charge in [-0.15, -0.1) is 0 Å². The van der Waals surface area contributed by atoms with Crippen LogP contribution < -0.4 is 5.32 Å². The molecule has 1 saturated heterocycles. The highest BCUT2D eigenvalue weighted by Gasteiger charge is 2.16. The van der Waals surface area contributed by atoms with E-state index in [-0.39, 0.29) is 0 Å². The van der Waals surface area contributed by atoms with E-state index in [0.717, 1.165) is 37.7 Å². The molecule has 2 heterocycles. The smallest absolute Gasteiger partial charge is 0.274 e. The molecule has 1 aliphatic heterocycles. The quantitative estimate of drug-likeness (QED) is 0.646. The van der Waals surface area contributed by atoms with E-state index in [0.29, 0.717) is 12.4 Å². The highest BCUT2D eigenvalue weighted by molar-refractivity contribution is 5.10. The molecule has 0 aromatic carbocycles. The lowest BCUT2D eigenvalue weighted by Gasteiger charge is -2.29. The Hall–Kier alpha value is -2.11. The second-order valence-corrected chi connectivity index (χ2v) is 4.56. The van der Waals surface area contributed by atoms with E-state index in [1.54, 1.807) is 12.4 Å². The van der Waals surface area contributed by atoms with E-state index in [1.807, 2.05) is 17.0 Å². The fourth-order valence-corrected chi connectivity index (χ4v) is 2.17. The second kappa shape index (κ2) is 6.72. The van der Waals surface area contributed by atoms with Crippen molar-refractivity contribution in [3.05, 3.63) is 52.2 Å². The van der Waals surface area contributed by atoms with E-state index in [2.05, 4.69) is 10.3 Å². The van der Waals surface area contributed by atoms with Gasteiger partial charge in [0.1, 0.15) is 0 Å². The normalized spacial score (nSPS) is 16.2. The fourth-order valence-electron chi connectivity index (χ4n) is 2.17. The van der Waals surface area contributed by atoms with Gasteiger partial charge >= 0.3 is 0 Å². The zero-order chi connectivity index (χ0) is 13.5. The molecule has 0 unspecified atom stereocenters. The topological polar surface area (TPSA) is 71.3 Å². The largest absolute Gasteiger partial charge is 0.362 e. The molecule has 0 amide bonds. The van der Waals surface area contributed by atoms with E-state index >= 15 is 0 Å². The Labute approximate surface area is 112 Å². The number of hydrogen-bond donors (Lipinski definition) is 1. The van der Waals surface area contributed by atoms with Gasteiger partial charge in [-0.05, 0) is 30.9 Å². The minimum atomic E-state index is -0.403. The van der Waals surface area contributed by atoms with Crippen LogP contribution in [0, 0.1) is 10.1 Å². The first-order valence-electron chi connectivity index (χ1n) is 6.49. The number of rotatable bonds is 5. The molecule has 6 nitrogen and oxygen atoms in total. The highest BCUT2D eigenvalue weighted by atomic mass is 16.6. The molecule has 1 aromatic rings. The Morgan fingerprint density at radius 3 is 2.89 bits per heavy atom. The van der Waals surface area contributed by atoms with Crippen molar-refractivity contribution in [2.75, 3.05) is 13.1 Å². The molecule has 0 atom stereocenters. The number of pyridine rings is 1. The molecule has 1 fully saturated rings. The van der Waals surface area contributed by atoms with Crippen molar-refractivity contribution in [1.82, 2.24) is 15.2 Å². The Morgan fingerprint density at radius 1 is 1.47 bits per heavy atom. The summed E-state index contributed by atoms with van der Waals surface area (Å²) in [6.45, 7) is 2.30. The average Bonchev–Trinajstić information content (AvgIpc) is 2.45. The van der Waals surface area contributed by atoms with Crippen LogP contribution in [0.5, 0.6) is 0 Å². The van der Waals surface area contributed by atoms with Crippen LogP contribution in [0.1, 0.15) is 24.8 Å². The second-order valence-electron chi connectivity index (χ2n) is 4.56. The van der Waals surface area contributed by atoms with E-state index in [1.165, 1.54) is 6.42 Å². The first kappa shape index (κ1) is 13.3. The molecule has 1 N–H and O–H groups in total. The third-order valence-electron chi connectivity index (χ3n) is 3.12. The number of likely N-dealkylation sites (tertiary alicyclic amines) is 1. The number of aromatic nitrogens is 1. The van der Waals surface area contributed by atoms with Gasteiger partial charge in [0.25, 0.3) is 6.20 Å². The summed E-state index contributed by atoms with van der Waals surface area (Å²) in [5.74, 6) is 0.591. The van der Waals surface area contributed by atoms with Crippen LogP contribution in [0.2, 0.25) is 0 Å². The summed E-state index contributed by atoms with van der Waals surface area (Å²) in [5, 5.41) is 13.9. The SMILES string of the molecule is O=[N+]([O-])/C=C(/NCc1cccnc1)N1CCCCC1. The summed E-state index contributed by atoms with van der Waals surface area (Å²) in [6, 6.07) is 3.80. The van der Waals surface area contributed by atoms with Crippen LogP contribution in [0.4, 0.5) is 0 Å². The van der Waals surface area contributed by atoms with Gasteiger partial charge in [-0.1, -0.05) is 6.07 Å². The van der Waals surface area contributed by atoms with Crippen molar-refractivity contribution in [1.29, 1.82) is 0 Å². The molecular weight excluding hydrogens is 244 g/mol. The summed E-state index contributed by atoms with van der Waals surface area (Å²) in [5.41, 5.74) is 1.01. The Balaban J connectivity index is 2.00.